The number of hydrogen-bond acceptors (Lipinski definition) is 6. The lowest BCUT2D eigenvalue weighted by atomic mass is 9.94. The van der Waals surface area contributed by atoms with Crippen LogP contribution in [0.15, 0.2) is 28.0 Å². The lowest BCUT2D eigenvalue weighted by Gasteiger charge is -2.26. The molecular weight excluding hydrogens is 374 g/mol. The van der Waals surface area contributed by atoms with Crippen molar-refractivity contribution in [3.8, 4) is 5.82 Å². The smallest absolute Gasteiger partial charge is 0.351 e. The second-order valence-corrected chi connectivity index (χ2v) is 7.10. The molecule has 2 aromatic rings. The minimum atomic E-state index is -0.925. The highest BCUT2D eigenvalue weighted by atomic mass is 35.5. The minimum Gasteiger partial charge on any atom is -0.388 e. The second-order valence-electron chi connectivity index (χ2n) is 6.69. The fourth-order valence-electron chi connectivity index (χ4n) is 3.14. The molecule has 0 radical (unpaired) electrons. The van der Waals surface area contributed by atoms with E-state index >= 15 is 0 Å². The summed E-state index contributed by atoms with van der Waals surface area (Å²) in [5.74, 6) is -0.447. The molecule has 3 rings (SSSR count). The Kier molecular flexibility index (Phi) is 5.71. The minimum absolute atomic E-state index is 0.0407. The molecule has 1 aliphatic carbocycles. The first kappa shape index (κ1) is 19.2. The molecule has 144 valence electrons. The molecule has 0 saturated heterocycles. The van der Waals surface area contributed by atoms with Crippen molar-refractivity contribution in [3.63, 3.8) is 0 Å². The van der Waals surface area contributed by atoms with Crippen LogP contribution in [0.2, 0.25) is 5.02 Å². The zero-order chi connectivity index (χ0) is 19.4. The van der Waals surface area contributed by atoms with E-state index in [1.165, 1.54) is 12.3 Å². The van der Waals surface area contributed by atoms with Crippen LogP contribution in [0, 0.1) is 0 Å². The van der Waals surface area contributed by atoms with Crippen LogP contribution in [0.25, 0.3) is 5.82 Å². The van der Waals surface area contributed by atoms with Crippen molar-refractivity contribution in [1.29, 1.82) is 0 Å². The molecule has 0 spiro atoms. The molecule has 2 aromatic heterocycles. The molecule has 0 aliphatic heterocycles. The van der Waals surface area contributed by atoms with Gasteiger partial charge in [0.2, 0.25) is 0 Å². The molecule has 1 amide bonds. The van der Waals surface area contributed by atoms with E-state index in [1.807, 2.05) is 0 Å². The van der Waals surface area contributed by atoms with E-state index < -0.39 is 22.8 Å². The third kappa shape index (κ3) is 4.61. The Labute approximate surface area is 159 Å². The monoisotopic (exact) mass is 393 g/mol. The molecule has 9 nitrogen and oxygen atoms in total. The van der Waals surface area contributed by atoms with Gasteiger partial charge in [0.05, 0.1) is 16.2 Å². The fourth-order valence-corrected chi connectivity index (χ4v) is 3.33. The standard InChI is InChI=1S/C17H20ClN5O4/c18-12-8-19-13(23-16(26)22-14(24)9-21-23)7-11(12)15(25)20-10-17(27)5-3-1-2-4-6-17/h7-9,27H,1-6,10H2,(H,20,25)(H,22,24,26). The van der Waals surface area contributed by atoms with Crippen molar-refractivity contribution in [3.05, 3.63) is 49.9 Å². The number of amides is 1. The predicted octanol–water partition coefficient (Wildman–Crippen LogP) is 0.784. The Morgan fingerprint density at radius 1 is 1.26 bits per heavy atom. The van der Waals surface area contributed by atoms with Gasteiger partial charge in [0.25, 0.3) is 11.5 Å². The van der Waals surface area contributed by atoms with Crippen molar-refractivity contribution in [2.45, 2.75) is 44.1 Å². The summed E-state index contributed by atoms with van der Waals surface area (Å²) in [5.41, 5.74) is -2.25. The third-order valence-corrected chi connectivity index (χ3v) is 4.93. The summed E-state index contributed by atoms with van der Waals surface area (Å²) in [6.07, 6.45) is 7.44. The number of carbonyl (C=O) groups is 1. The average Bonchev–Trinajstić information content (AvgIpc) is 2.85. The van der Waals surface area contributed by atoms with E-state index in [1.54, 1.807) is 0 Å². The highest BCUT2D eigenvalue weighted by Crippen LogP contribution is 2.26. The summed E-state index contributed by atoms with van der Waals surface area (Å²) in [6, 6.07) is 1.31. The van der Waals surface area contributed by atoms with Crippen LogP contribution in [-0.2, 0) is 0 Å². The van der Waals surface area contributed by atoms with Crippen LogP contribution in [0.3, 0.4) is 0 Å². The molecule has 1 saturated carbocycles. The van der Waals surface area contributed by atoms with Gasteiger partial charge in [-0.15, -0.1) is 0 Å². The van der Waals surface area contributed by atoms with Crippen LogP contribution in [0.5, 0.6) is 0 Å². The first-order chi connectivity index (χ1) is 12.9. The molecule has 0 atom stereocenters. The number of pyridine rings is 1. The number of nitrogens with one attached hydrogen (secondary N) is 2. The van der Waals surface area contributed by atoms with Gasteiger partial charge in [-0.3, -0.25) is 14.6 Å². The summed E-state index contributed by atoms with van der Waals surface area (Å²) >= 11 is 6.07. The Hall–Kier alpha value is -2.52. The second kappa shape index (κ2) is 8.01. The Bertz CT molecular complexity index is 947. The number of hydrogen-bond donors (Lipinski definition) is 3. The van der Waals surface area contributed by atoms with E-state index in [0.29, 0.717) is 12.8 Å². The maximum Gasteiger partial charge on any atom is 0.351 e. The SMILES string of the molecule is O=C(NCC1(O)CCCCCC1)c1cc(-n2ncc(=O)[nH]c2=O)ncc1Cl. The molecule has 1 fully saturated rings. The van der Waals surface area contributed by atoms with Gasteiger partial charge >= 0.3 is 5.69 Å². The van der Waals surface area contributed by atoms with Crippen LogP contribution < -0.4 is 16.6 Å². The topological polar surface area (TPSA) is 130 Å². The highest BCUT2D eigenvalue weighted by Gasteiger charge is 2.28. The number of carbonyl (C=O) groups excluding carboxylic acids is 1. The summed E-state index contributed by atoms with van der Waals surface area (Å²) in [4.78, 5) is 41.6. The molecule has 2 heterocycles. The van der Waals surface area contributed by atoms with E-state index in [2.05, 4.69) is 20.4 Å². The summed E-state index contributed by atoms with van der Waals surface area (Å²) in [7, 11) is 0. The van der Waals surface area contributed by atoms with Crippen molar-refractivity contribution in [2.24, 2.45) is 0 Å². The molecule has 0 unspecified atom stereocenters. The first-order valence-corrected chi connectivity index (χ1v) is 9.11. The first-order valence-electron chi connectivity index (χ1n) is 8.73. The summed E-state index contributed by atoms with van der Waals surface area (Å²) < 4.78 is 0.855. The molecular formula is C17H20ClN5O4. The van der Waals surface area contributed by atoms with Gasteiger partial charge in [-0.25, -0.2) is 9.78 Å². The Morgan fingerprint density at radius 3 is 2.63 bits per heavy atom. The fraction of sp³-hybridized carbons (Fsp3) is 0.471. The number of aromatic amines is 1. The molecule has 0 aromatic carbocycles. The zero-order valence-electron chi connectivity index (χ0n) is 14.6. The average molecular weight is 394 g/mol. The van der Waals surface area contributed by atoms with Gasteiger partial charge in [0, 0.05) is 12.7 Å². The number of H-pyrrole nitrogens is 1. The molecule has 3 N–H and O–H groups in total. The normalized spacial score (nSPS) is 16.5. The van der Waals surface area contributed by atoms with Crippen molar-refractivity contribution in [1.82, 2.24) is 25.1 Å². The van der Waals surface area contributed by atoms with Crippen molar-refractivity contribution < 1.29 is 9.90 Å². The van der Waals surface area contributed by atoms with Crippen LogP contribution >= 0.6 is 11.6 Å². The molecule has 27 heavy (non-hydrogen) atoms. The van der Waals surface area contributed by atoms with E-state index in [4.69, 9.17) is 11.6 Å². The van der Waals surface area contributed by atoms with E-state index in [9.17, 15) is 19.5 Å². The molecule has 10 heteroatoms. The van der Waals surface area contributed by atoms with Gasteiger partial charge in [0.15, 0.2) is 5.82 Å². The van der Waals surface area contributed by atoms with Gasteiger partial charge < -0.3 is 10.4 Å². The van der Waals surface area contributed by atoms with E-state index in [0.717, 1.165) is 36.6 Å². The van der Waals surface area contributed by atoms with Crippen LogP contribution in [0.1, 0.15) is 48.9 Å². The lowest BCUT2D eigenvalue weighted by Crippen LogP contribution is -2.42. The van der Waals surface area contributed by atoms with Crippen molar-refractivity contribution >= 4 is 17.5 Å². The van der Waals surface area contributed by atoms with Crippen molar-refractivity contribution in [2.75, 3.05) is 6.54 Å². The third-order valence-electron chi connectivity index (χ3n) is 4.63. The number of halogens is 1. The Balaban J connectivity index is 1.80. The lowest BCUT2D eigenvalue weighted by molar-refractivity contribution is 0.0246. The summed E-state index contributed by atoms with van der Waals surface area (Å²) in [5, 5.41) is 17.2. The number of aliphatic hydroxyl groups is 1. The van der Waals surface area contributed by atoms with Crippen LogP contribution in [0.4, 0.5) is 0 Å². The maximum absolute atomic E-state index is 12.6. The maximum atomic E-state index is 12.6. The van der Waals surface area contributed by atoms with Gasteiger partial charge in [-0.05, 0) is 18.9 Å². The number of nitrogens with zero attached hydrogens (tertiary/aromatic N) is 3. The van der Waals surface area contributed by atoms with E-state index in [-0.39, 0.29) is 22.9 Å². The molecule has 1 aliphatic rings. The summed E-state index contributed by atoms with van der Waals surface area (Å²) in [6.45, 7) is 0.122. The molecule has 0 bridgehead atoms. The predicted molar refractivity (Wildman–Crippen MR) is 98.2 cm³/mol. The number of rotatable bonds is 4. The van der Waals surface area contributed by atoms with Gasteiger partial charge in [-0.1, -0.05) is 37.3 Å². The van der Waals surface area contributed by atoms with Gasteiger partial charge in [0.1, 0.15) is 6.20 Å². The quantitative estimate of drug-likeness (QED) is 0.658. The van der Waals surface area contributed by atoms with Gasteiger partial charge in [-0.2, -0.15) is 9.78 Å². The largest absolute Gasteiger partial charge is 0.388 e. The zero-order valence-corrected chi connectivity index (χ0v) is 15.3. The highest BCUT2D eigenvalue weighted by molar-refractivity contribution is 6.33. The number of aromatic nitrogens is 4. The Morgan fingerprint density at radius 2 is 1.96 bits per heavy atom. The van der Waals surface area contributed by atoms with Crippen LogP contribution in [-0.4, -0.2) is 42.9 Å².